The van der Waals surface area contributed by atoms with Crippen LogP contribution in [0.2, 0.25) is 0 Å². The van der Waals surface area contributed by atoms with Crippen LogP contribution in [0.1, 0.15) is 37.9 Å². The van der Waals surface area contributed by atoms with Gasteiger partial charge in [0.2, 0.25) is 0 Å². The van der Waals surface area contributed by atoms with Gasteiger partial charge in [0.25, 0.3) is 0 Å². The second-order valence-electron chi connectivity index (χ2n) is 6.56. The lowest BCUT2D eigenvalue weighted by atomic mass is 9.86. The van der Waals surface area contributed by atoms with Gasteiger partial charge in [0, 0.05) is 26.0 Å². The van der Waals surface area contributed by atoms with E-state index in [2.05, 4.69) is 50.4 Å². The highest BCUT2D eigenvalue weighted by Crippen LogP contribution is 2.24. The van der Waals surface area contributed by atoms with Gasteiger partial charge in [-0.25, -0.2) is 4.79 Å². The number of nitrogens with zero attached hydrogens (tertiary/aromatic N) is 2. The van der Waals surface area contributed by atoms with Crippen molar-refractivity contribution < 1.29 is 0 Å². The SMILES string of the molecule is CNC(Cn1ccn(C)c1=O)c1ccc(C(C)(C)C)cc1. The van der Waals surface area contributed by atoms with Crippen LogP contribution < -0.4 is 11.0 Å². The zero-order valence-corrected chi connectivity index (χ0v) is 13.6. The Kier molecular flexibility index (Phi) is 4.37. The number of likely N-dealkylation sites (N-methyl/N-ethyl adjacent to an activating group) is 1. The van der Waals surface area contributed by atoms with Crippen LogP contribution in [-0.2, 0) is 19.0 Å². The van der Waals surface area contributed by atoms with Gasteiger partial charge in [-0.3, -0.25) is 4.57 Å². The molecule has 0 aliphatic carbocycles. The van der Waals surface area contributed by atoms with E-state index in [4.69, 9.17) is 0 Å². The molecular weight excluding hydrogens is 262 g/mol. The van der Waals surface area contributed by atoms with E-state index in [1.54, 1.807) is 22.4 Å². The number of nitrogens with one attached hydrogen (secondary N) is 1. The van der Waals surface area contributed by atoms with Crippen molar-refractivity contribution in [1.82, 2.24) is 14.5 Å². The van der Waals surface area contributed by atoms with E-state index in [-0.39, 0.29) is 17.1 Å². The first-order valence-electron chi connectivity index (χ1n) is 7.32. The third kappa shape index (κ3) is 3.45. The van der Waals surface area contributed by atoms with Crippen LogP contribution >= 0.6 is 0 Å². The molecule has 4 heteroatoms. The number of aryl methyl sites for hydroxylation is 1. The molecule has 21 heavy (non-hydrogen) atoms. The number of imidazole rings is 1. The highest BCUT2D eigenvalue weighted by molar-refractivity contribution is 5.29. The fourth-order valence-electron chi connectivity index (χ4n) is 2.43. The van der Waals surface area contributed by atoms with Gasteiger partial charge in [0.1, 0.15) is 0 Å². The first-order valence-corrected chi connectivity index (χ1v) is 7.32. The molecule has 1 heterocycles. The lowest BCUT2D eigenvalue weighted by Crippen LogP contribution is -2.29. The molecule has 0 spiro atoms. The van der Waals surface area contributed by atoms with Gasteiger partial charge in [-0.2, -0.15) is 0 Å². The monoisotopic (exact) mass is 287 g/mol. The molecule has 0 saturated carbocycles. The van der Waals surface area contributed by atoms with Crippen molar-refractivity contribution in [3.05, 3.63) is 58.3 Å². The molecule has 0 aliphatic heterocycles. The second-order valence-corrected chi connectivity index (χ2v) is 6.56. The summed E-state index contributed by atoms with van der Waals surface area (Å²) < 4.78 is 3.33. The summed E-state index contributed by atoms with van der Waals surface area (Å²) in [4.78, 5) is 11.9. The smallest absolute Gasteiger partial charge is 0.312 e. The van der Waals surface area contributed by atoms with E-state index in [0.717, 1.165) is 0 Å². The standard InChI is InChI=1S/C17H25N3O/c1-17(2,3)14-8-6-13(7-9-14)15(18-4)12-20-11-10-19(5)16(20)21/h6-11,15,18H,12H2,1-5H3. The Morgan fingerprint density at radius 3 is 2.19 bits per heavy atom. The molecule has 0 bridgehead atoms. The third-order valence-corrected chi connectivity index (χ3v) is 3.92. The summed E-state index contributed by atoms with van der Waals surface area (Å²) in [5.41, 5.74) is 2.69. The summed E-state index contributed by atoms with van der Waals surface area (Å²) in [6.07, 6.45) is 3.62. The Morgan fingerprint density at radius 1 is 1.14 bits per heavy atom. The average molecular weight is 287 g/mol. The third-order valence-electron chi connectivity index (χ3n) is 3.92. The molecule has 4 nitrogen and oxygen atoms in total. The van der Waals surface area contributed by atoms with Gasteiger partial charge in [-0.1, -0.05) is 45.0 Å². The summed E-state index contributed by atoms with van der Waals surface area (Å²) >= 11 is 0. The summed E-state index contributed by atoms with van der Waals surface area (Å²) in [6, 6.07) is 8.77. The molecule has 0 amide bonds. The highest BCUT2D eigenvalue weighted by atomic mass is 16.1. The Balaban J connectivity index is 2.22. The topological polar surface area (TPSA) is 39.0 Å². The summed E-state index contributed by atoms with van der Waals surface area (Å²) in [5, 5.41) is 3.29. The van der Waals surface area contributed by atoms with Crippen LogP contribution in [0.3, 0.4) is 0 Å². The number of aromatic nitrogens is 2. The summed E-state index contributed by atoms with van der Waals surface area (Å²) in [6.45, 7) is 7.26. The van der Waals surface area contributed by atoms with Crippen molar-refractivity contribution >= 4 is 0 Å². The normalized spacial score (nSPS) is 13.4. The molecule has 1 atom stereocenters. The van der Waals surface area contributed by atoms with Gasteiger partial charge in [0.15, 0.2) is 0 Å². The molecule has 1 aromatic carbocycles. The lowest BCUT2D eigenvalue weighted by molar-refractivity contribution is 0.487. The maximum absolute atomic E-state index is 11.9. The fourth-order valence-corrected chi connectivity index (χ4v) is 2.43. The van der Waals surface area contributed by atoms with Gasteiger partial charge in [0.05, 0.1) is 6.04 Å². The zero-order valence-electron chi connectivity index (χ0n) is 13.6. The van der Waals surface area contributed by atoms with Crippen LogP contribution in [0.4, 0.5) is 0 Å². The van der Waals surface area contributed by atoms with Crippen LogP contribution in [-0.4, -0.2) is 16.2 Å². The van der Waals surface area contributed by atoms with Crippen molar-refractivity contribution in [2.24, 2.45) is 7.05 Å². The molecule has 2 aromatic rings. The van der Waals surface area contributed by atoms with E-state index in [1.807, 2.05) is 13.2 Å². The average Bonchev–Trinajstić information content (AvgIpc) is 2.75. The molecule has 114 valence electrons. The minimum absolute atomic E-state index is 0.0153. The number of hydrogen-bond acceptors (Lipinski definition) is 2. The zero-order chi connectivity index (χ0) is 15.6. The second kappa shape index (κ2) is 5.90. The molecular formula is C17H25N3O. The molecule has 0 aliphatic rings. The maximum Gasteiger partial charge on any atom is 0.327 e. The maximum atomic E-state index is 11.9. The quantitative estimate of drug-likeness (QED) is 0.938. The predicted octanol–water partition coefficient (Wildman–Crippen LogP) is 2.45. The summed E-state index contributed by atoms with van der Waals surface area (Å²) in [5.74, 6) is 0. The Morgan fingerprint density at radius 2 is 1.76 bits per heavy atom. The molecule has 0 saturated heterocycles. The molecule has 0 fully saturated rings. The van der Waals surface area contributed by atoms with Crippen LogP contribution in [0.5, 0.6) is 0 Å². The Labute approximate surface area is 126 Å². The molecule has 1 N–H and O–H groups in total. The van der Waals surface area contributed by atoms with Crippen LogP contribution in [0.25, 0.3) is 0 Å². The van der Waals surface area contributed by atoms with Gasteiger partial charge < -0.3 is 9.88 Å². The number of benzene rings is 1. The largest absolute Gasteiger partial charge is 0.327 e. The van der Waals surface area contributed by atoms with Gasteiger partial charge in [-0.05, 0) is 23.6 Å². The highest BCUT2D eigenvalue weighted by Gasteiger charge is 2.16. The van der Waals surface area contributed by atoms with Crippen molar-refractivity contribution in [2.75, 3.05) is 7.05 Å². The molecule has 1 aromatic heterocycles. The summed E-state index contributed by atoms with van der Waals surface area (Å²) in [7, 11) is 3.70. The fraction of sp³-hybridized carbons (Fsp3) is 0.471. The lowest BCUT2D eigenvalue weighted by Gasteiger charge is -2.21. The van der Waals surface area contributed by atoms with E-state index in [9.17, 15) is 4.79 Å². The molecule has 0 radical (unpaired) electrons. The first-order chi connectivity index (χ1) is 9.82. The van der Waals surface area contributed by atoms with E-state index in [1.165, 1.54) is 11.1 Å². The number of rotatable bonds is 4. The number of hydrogen-bond donors (Lipinski definition) is 1. The minimum Gasteiger partial charge on any atom is -0.312 e. The van der Waals surface area contributed by atoms with Crippen molar-refractivity contribution in [3.63, 3.8) is 0 Å². The Bertz CT molecular complexity index is 644. The van der Waals surface area contributed by atoms with Gasteiger partial charge >= 0.3 is 5.69 Å². The van der Waals surface area contributed by atoms with Crippen molar-refractivity contribution in [2.45, 2.75) is 38.8 Å². The minimum atomic E-state index is 0.0153. The van der Waals surface area contributed by atoms with Crippen molar-refractivity contribution in [3.8, 4) is 0 Å². The van der Waals surface area contributed by atoms with Crippen molar-refractivity contribution in [1.29, 1.82) is 0 Å². The van der Waals surface area contributed by atoms with E-state index in [0.29, 0.717) is 6.54 Å². The predicted molar refractivity (Wildman–Crippen MR) is 86.6 cm³/mol. The molecule has 1 unspecified atom stereocenters. The van der Waals surface area contributed by atoms with Crippen LogP contribution in [0.15, 0.2) is 41.5 Å². The molecule has 2 rings (SSSR count). The van der Waals surface area contributed by atoms with Crippen LogP contribution in [0, 0.1) is 0 Å². The van der Waals surface area contributed by atoms with Gasteiger partial charge in [-0.15, -0.1) is 0 Å². The van der Waals surface area contributed by atoms with E-state index < -0.39 is 0 Å². The van der Waals surface area contributed by atoms with E-state index >= 15 is 0 Å². The Hall–Kier alpha value is -1.81. The first kappa shape index (κ1) is 15.6.